The molecule has 9 heteroatoms. The van der Waals surface area contributed by atoms with Gasteiger partial charge in [-0.3, -0.25) is 9.59 Å². The molecule has 0 spiro atoms. The number of hydrogen-bond acceptors (Lipinski definition) is 9. The number of esters is 2. The van der Waals surface area contributed by atoms with E-state index in [1.54, 1.807) is 26.0 Å². The zero-order valence-electron chi connectivity index (χ0n) is 18.8. The summed E-state index contributed by atoms with van der Waals surface area (Å²) >= 11 is 1.29. The van der Waals surface area contributed by atoms with Crippen LogP contribution in [0.25, 0.3) is 0 Å². The molecule has 2 aromatic carbocycles. The zero-order valence-corrected chi connectivity index (χ0v) is 19.6. The van der Waals surface area contributed by atoms with E-state index in [2.05, 4.69) is 0 Å². The van der Waals surface area contributed by atoms with Gasteiger partial charge in [0.2, 0.25) is 0 Å². The van der Waals surface area contributed by atoms with Gasteiger partial charge >= 0.3 is 11.9 Å². The fourth-order valence-corrected chi connectivity index (χ4v) is 4.20. The van der Waals surface area contributed by atoms with Crippen molar-refractivity contribution < 1.29 is 38.0 Å². The normalized spacial score (nSPS) is 10.3. The van der Waals surface area contributed by atoms with Crippen LogP contribution in [0, 0.1) is 13.8 Å². The van der Waals surface area contributed by atoms with Gasteiger partial charge in [-0.25, -0.2) is 0 Å². The maximum Gasteiger partial charge on any atom is 0.308 e. The average Bonchev–Trinajstić information content (AvgIpc) is 2.72. The second kappa shape index (κ2) is 10.3. The number of rotatable bonds is 8. The summed E-state index contributed by atoms with van der Waals surface area (Å²) in [6.07, 6.45) is 0. The zero-order chi connectivity index (χ0) is 23.3. The first-order valence-electron chi connectivity index (χ1n) is 9.24. The Balaban J connectivity index is 2.79. The first-order valence-corrected chi connectivity index (χ1v) is 10.1. The molecular weight excluding hydrogens is 424 g/mol. The molecule has 0 aliphatic heterocycles. The van der Waals surface area contributed by atoms with Crippen LogP contribution in [-0.2, 0) is 9.59 Å². The predicted molar refractivity (Wildman–Crippen MR) is 115 cm³/mol. The Labute approximate surface area is 185 Å². The Morgan fingerprint density at radius 2 is 1.00 bits per heavy atom. The summed E-state index contributed by atoms with van der Waals surface area (Å²) in [5.74, 6) is 1.47. The Morgan fingerprint density at radius 3 is 1.26 bits per heavy atom. The molecule has 2 aromatic rings. The van der Waals surface area contributed by atoms with E-state index in [-0.39, 0.29) is 0 Å². The highest BCUT2D eigenvalue weighted by molar-refractivity contribution is 7.99. The maximum atomic E-state index is 11.6. The Morgan fingerprint density at radius 1 is 0.645 bits per heavy atom. The summed E-state index contributed by atoms with van der Waals surface area (Å²) in [4.78, 5) is 24.5. The molecule has 31 heavy (non-hydrogen) atoms. The van der Waals surface area contributed by atoms with Crippen LogP contribution in [0.4, 0.5) is 0 Å². The van der Waals surface area contributed by atoms with Crippen molar-refractivity contribution in [3.05, 3.63) is 23.3 Å². The third kappa shape index (κ3) is 5.16. The van der Waals surface area contributed by atoms with Crippen LogP contribution < -0.4 is 28.4 Å². The van der Waals surface area contributed by atoms with Gasteiger partial charge in [0.1, 0.15) is 11.5 Å². The highest BCUT2D eigenvalue weighted by atomic mass is 32.2. The quantitative estimate of drug-likeness (QED) is 0.430. The van der Waals surface area contributed by atoms with Crippen molar-refractivity contribution in [2.45, 2.75) is 37.5 Å². The second-order valence-corrected chi connectivity index (χ2v) is 7.44. The van der Waals surface area contributed by atoms with E-state index in [9.17, 15) is 9.59 Å². The molecule has 0 amide bonds. The first-order chi connectivity index (χ1) is 14.7. The van der Waals surface area contributed by atoms with Crippen LogP contribution in [0.2, 0.25) is 0 Å². The lowest BCUT2D eigenvalue weighted by Crippen LogP contribution is -2.06. The SMILES string of the molecule is COc1cc(OC(C)=O)c(C)c(Sc2c(C)c(OC(C)=O)cc(OC)c2OC)c1OC. The van der Waals surface area contributed by atoms with E-state index in [0.29, 0.717) is 55.4 Å². The highest BCUT2D eigenvalue weighted by Crippen LogP contribution is 2.52. The molecule has 0 N–H and O–H groups in total. The summed E-state index contributed by atoms with van der Waals surface area (Å²) < 4.78 is 32.8. The van der Waals surface area contributed by atoms with Crippen molar-refractivity contribution >= 4 is 23.7 Å². The van der Waals surface area contributed by atoms with E-state index < -0.39 is 11.9 Å². The molecule has 8 nitrogen and oxygen atoms in total. The van der Waals surface area contributed by atoms with E-state index in [1.165, 1.54) is 54.0 Å². The average molecular weight is 451 g/mol. The number of carbonyl (C=O) groups excluding carboxylic acids is 2. The first kappa shape index (κ1) is 24.2. The Bertz CT molecular complexity index is 920. The molecule has 168 valence electrons. The van der Waals surface area contributed by atoms with Gasteiger partial charge in [-0.15, -0.1) is 0 Å². The lowest BCUT2D eigenvalue weighted by atomic mass is 10.2. The third-order valence-corrected chi connectivity index (χ3v) is 5.76. The fraction of sp³-hybridized carbons (Fsp3) is 0.364. The van der Waals surface area contributed by atoms with E-state index in [4.69, 9.17) is 28.4 Å². The Hall–Kier alpha value is -3.07. The van der Waals surface area contributed by atoms with E-state index in [1.807, 2.05) is 0 Å². The van der Waals surface area contributed by atoms with Crippen molar-refractivity contribution in [2.75, 3.05) is 28.4 Å². The molecule has 0 saturated carbocycles. The maximum absolute atomic E-state index is 11.6. The van der Waals surface area contributed by atoms with Crippen LogP contribution in [-0.4, -0.2) is 40.4 Å². The standard InChI is InChI=1S/C22H26O8S/c1-11-15(29-13(3)23)9-17(25-5)19(27-7)21(11)31-22-12(2)16(30-14(4)24)10-18(26-6)20(22)28-8/h9-10H,1-8H3. The van der Waals surface area contributed by atoms with Gasteiger partial charge in [0.25, 0.3) is 0 Å². The lowest BCUT2D eigenvalue weighted by molar-refractivity contribution is -0.132. The minimum Gasteiger partial charge on any atom is -0.493 e. The molecule has 0 heterocycles. The summed E-state index contributed by atoms with van der Waals surface area (Å²) in [6, 6.07) is 3.19. The molecule has 0 saturated heterocycles. The molecule has 0 aromatic heterocycles. The minimum absolute atomic E-state index is 0.340. The van der Waals surface area contributed by atoms with Crippen molar-refractivity contribution in [3.8, 4) is 34.5 Å². The number of ether oxygens (including phenoxy) is 6. The molecule has 0 fully saturated rings. The smallest absolute Gasteiger partial charge is 0.308 e. The Kier molecular flexibility index (Phi) is 8.04. The minimum atomic E-state index is -0.460. The largest absolute Gasteiger partial charge is 0.493 e. The molecule has 2 rings (SSSR count). The summed E-state index contributed by atoms with van der Waals surface area (Å²) in [6.45, 7) is 6.25. The predicted octanol–water partition coefficient (Wildman–Crippen LogP) is 4.34. The number of benzene rings is 2. The number of methoxy groups -OCH3 is 4. The van der Waals surface area contributed by atoms with Gasteiger partial charge in [0.15, 0.2) is 23.0 Å². The van der Waals surface area contributed by atoms with Crippen molar-refractivity contribution in [3.63, 3.8) is 0 Å². The van der Waals surface area contributed by atoms with Crippen molar-refractivity contribution in [1.29, 1.82) is 0 Å². The van der Waals surface area contributed by atoms with Crippen LogP contribution in [0.15, 0.2) is 21.9 Å². The molecule has 0 radical (unpaired) electrons. The molecule has 0 atom stereocenters. The molecule has 0 aliphatic rings. The number of hydrogen-bond donors (Lipinski definition) is 0. The van der Waals surface area contributed by atoms with Crippen LogP contribution >= 0.6 is 11.8 Å². The van der Waals surface area contributed by atoms with Crippen molar-refractivity contribution in [1.82, 2.24) is 0 Å². The van der Waals surface area contributed by atoms with E-state index >= 15 is 0 Å². The summed E-state index contributed by atoms with van der Waals surface area (Å²) in [5, 5.41) is 0. The third-order valence-electron chi connectivity index (χ3n) is 4.36. The number of carbonyl (C=O) groups is 2. The molecule has 0 bridgehead atoms. The summed E-state index contributed by atoms with van der Waals surface area (Å²) in [5.41, 5.74) is 1.33. The van der Waals surface area contributed by atoms with Gasteiger partial charge in [0.05, 0.1) is 38.2 Å². The summed E-state index contributed by atoms with van der Waals surface area (Å²) in [7, 11) is 6.03. The van der Waals surface area contributed by atoms with Gasteiger partial charge in [-0.05, 0) is 13.8 Å². The monoisotopic (exact) mass is 450 g/mol. The van der Waals surface area contributed by atoms with Gasteiger partial charge < -0.3 is 28.4 Å². The topological polar surface area (TPSA) is 89.5 Å². The van der Waals surface area contributed by atoms with Crippen LogP contribution in [0.3, 0.4) is 0 Å². The van der Waals surface area contributed by atoms with Gasteiger partial charge in [0, 0.05) is 37.1 Å². The lowest BCUT2D eigenvalue weighted by Gasteiger charge is -2.21. The highest BCUT2D eigenvalue weighted by Gasteiger charge is 2.25. The molecule has 0 unspecified atom stereocenters. The van der Waals surface area contributed by atoms with E-state index in [0.717, 1.165) is 0 Å². The fourth-order valence-electron chi connectivity index (χ4n) is 2.93. The van der Waals surface area contributed by atoms with Crippen LogP contribution in [0.5, 0.6) is 34.5 Å². The van der Waals surface area contributed by atoms with Gasteiger partial charge in [-0.2, -0.15) is 0 Å². The molecule has 0 aliphatic carbocycles. The second-order valence-electron chi connectivity index (χ2n) is 6.42. The van der Waals surface area contributed by atoms with Crippen molar-refractivity contribution in [2.24, 2.45) is 0 Å². The van der Waals surface area contributed by atoms with Gasteiger partial charge in [-0.1, -0.05) is 11.8 Å². The molecular formula is C22H26O8S. The van der Waals surface area contributed by atoms with Crippen LogP contribution in [0.1, 0.15) is 25.0 Å².